The maximum absolute atomic E-state index is 2.35. The highest BCUT2D eigenvalue weighted by molar-refractivity contribution is 14.1. The van der Waals surface area contributed by atoms with Crippen LogP contribution in [0.2, 0.25) is 0 Å². The van der Waals surface area contributed by atoms with Gasteiger partial charge in [0.2, 0.25) is 0 Å². The average Bonchev–Trinajstić information content (AvgIpc) is 2.29. The van der Waals surface area contributed by atoms with Gasteiger partial charge in [0.05, 0.1) is 0 Å². The van der Waals surface area contributed by atoms with E-state index in [1.165, 1.54) is 27.5 Å². The minimum atomic E-state index is 1.29. The number of benzene rings is 1. The number of allylic oxidation sites excluding steroid dienone is 2. The second-order valence-corrected chi connectivity index (χ2v) is 4.55. The molecule has 0 fully saturated rings. The molecule has 0 aliphatic carbocycles. The molecular weight excluding hydrogens is 295 g/mol. The summed E-state index contributed by atoms with van der Waals surface area (Å²) in [5.41, 5.74) is 4.06. The Labute approximate surface area is 108 Å². The summed E-state index contributed by atoms with van der Waals surface area (Å²) < 4.78 is 1.29. The molecule has 0 amide bonds. The van der Waals surface area contributed by atoms with E-state index in [4.69, 9.17) is 0 Å². The first-order chi connectivity index (χ1) is 7.17. The minimum absolute atomic E-state index is 1.29. The molecule has 0 heterocycles. The lowest BCUT2D eigenvalue weighted by Crippen LogP contribution is -1.83. The van der Waals surface area contributed by atoms with E-state index in [1.54, 1.807) is 0 Å². The fourth-order valence-corrected chi connectivity index (χ4v) is 1.17. The summed E-state index contributed by atoms with van der Waals surface area (Å²) >= 11 is 2.35. The van der Waals surface area contributed by atoms with Gasteiger partial charge in [0.15, 0.2) is 0 Å². The van der Waals surface area contributed by atoms with Crippen LogP contribution in [-0.2, 0) is 0 Å². The van der Waals surface area contributed by atoms with Crippen molar-refractivity contribution in [2.45, 2.75) is 34.1 Å². The first-order valence-corrected chi connectivity index (χ1v) is 6.94. The molecule has 15 heavy (non-hydrogen) atoms. The van der Waals surface area contributed by atoms with E-state index >= 15 is 0 Å². The third-order valence-corrected chi connectivity index (χ3v) is 3.27. The van der Waals surface area contributed by atoms with Crippen molar-refractivity contribution in [3.63, 3.8) is 0 Å². The Kier molecular flexibility index (Phi) is 8.77. The second-order valence-electron chi connectivity index (χ2n) is 3.48. The summed E-state index contributed by atoms with van der Waals surface area (Å²) in [5, 5.41) is 0. The summed E-state index contributed by atoms with van der Waals surface area (Å²) in [4.78, 5) is 0. The zero-order chi connectivity index (χ0) is 11.7. The highest BCUT2D eigenvalue weighted by Gasteiger charge is 1.95. The highest BCUT2D eigenvalue weighted by Crippen LogP contribution is 2.16. The molecule has 0 unspecified atom stereocenters. The van der Waals surface area contributed by atoms with Gasteiger partial charge in [0, 0.05) is 0 Å². The smallest absolute Gasteiger partial charge is 0.000735 e. The van der Waals surface area contributed by atoms with E-state index in [0.29, 0.717) is 0 Å². The van der Waals surface area contributed by atoms with Gasteiger partial charge in [-0.3, -0.25) is 0 Å². The summed E-state index contributed by atoms with van der Waals surface area (Å²) in [7, 11) is 0. The summed E-state index contributed by atoms with van der Waals surface area (Å²) in [6.45, 7) is 8.53. The van der Waals surface area contributed by atoms with Crippen molar-refractivity contribution in [1.82, 2.24) is 0 Å². The number of rotatable bonds is 2. The summed E-state index contributed by atoms with van der Waals surface area (Å²) in [5.74, 6) is 0. The van der Waals surface area contributed by atoms with Gasteiger partial charge >= 0.3 is 0 Å². The maximum atomic E-state index is 2.35. The van der Waals surface area contributed by atoms with Crippen molar-refractivity contribution in [1.29, 1.82) is 0 Å². The molecule has 0 bridgehead atoms. The molecule has 1 aromatic carbocycles. The van der Waals surface area contributed by atoms with E-state index in [9.17, 15) is 0 Å². The summed E-state index contributed by atoms with van der Waals surface area (Å²) in [6, 6.07) is 8.45. The van der Waals surface area contributed by atoms with Crippen molar-refractivity contribution in [2.75, 3.05) is 4.43 Å². The van der Waals surface area contributed by atoms with E-state index in [-0.39, 0.29) is 0 Å². The van der Waals surface area contributed by atoms with Gasteiger partial charge in [-0.05, 0) is 48.3 Å². The highest BCUT2D eigenvalue weighted by atomic mass is 127. The lowest BCUT2D eigenvalue weighted by Gasteiger charge is -2.03. The molecule has 1 heteroatoms. The number of halogens is 1. The lowest BCUT2D eigenvalue weighted by molar-refractivity contribution is 1.13. The number of hydrogen-bond donors (Lipinski definition) is 0. The lowest BCUT2D eigenvalue weighted by atomic mass is 10.0. The Morgan fingerprint density at radius 1 is 1.33 bits per heavy atom. The van der Waals surface area contributed by atoms with E-state index < -0.39 is 0 Å². The van der Waals surface area contributed by atoms with Crippen molar-refractivity contribution < 1.29 is 0 Å². The van der Waals surface area contributed by atoms with Gasteiger partial charge in [-0.25, -0.2) is 0 Å². The molecule has 84 valence electrons. The Bertz CT molecular complexity index is 298. The third-order valence-electron chi connectivity index (χ3n) is 2.19. The average molecular weight is 316 g/mol. The van der Waals surface area contributed by atoms with Gasteiger partial charge in [0.1, 0.15) is 0 Å². The molecule has 1 rings (SSSR count). The van der Waals surface area contributed by atoms with Crippen LogP contribution in [0.5, 0.6) is 0 Å². The van der Waals surface area contributed by atoms with Crippen molar-refractivity contribution in [2.24, 2.45) is 0 Å². The first kappa shape index (κ1) is 14.7. The van der Waals surface area contributed by atoms with E-state index in [1.807, 2.05) is 0 Å². The molecule has 0 aliphatic rings. The largest absolute Gasteiger partial charge is 0.0864 e. The van der Waals surface area contributed by atoms with Crippen molar-refractivity contribution in [3.8, 4) is 0 Å². The van der Waals surface area contributed by atoms with Crippen LogP contribution in [0.15, 0.2) is 30.3 Å². The van der Waals surface area contributed by atoms with Crippen molar-refractivity contribution in [3.05, 3.63) is 41.5 Å². The Balaban J connectivity index is 0.000000423. The summed E-state index contributed by atoms with van der Waals surface area (Å²) in [6.07, 6.45) is 3.45. The number of alkyl halides is 1. The number of aryl methyl sites for hydroxylation is 1. The van der Waals surface area contributed by atoms with Crippen LogP contribution >= 0.6 is 22.6 Å². The topological polar surface area (TPSA) is 0 Å². The van der Waals surface area contributed by atoms with Gasteiger partial charge < -0.3 is 0 Å². The fraction of sp³-hybridized carbons (Fsp3) is 0.429. The molecule has 0 aliphatic heterocycles. The quantitative estimate of drug-likeness (QED) is 0.516. The standard InChI is InChI=1S/C11H14.C3H7I/c1-4-9(2)11-8-6-5-7-10(11)3;1-2-3-4/h4-8H,1-3H3;2-3H2,1H3/b9-4-;. The first-order valence-electron chi connectivity index (χ1n) is 5.42. The molecule has 0 atom stereocenters. The molecular formula is C14H21I. The van der Waals surface area contributed by atoms with Crippen molar-refractivity contribution >= 4 is 28.2 Å². The fourth-order valence-electron chi connectivity index (χ4n) is 1.17. The molecule has 0 saturated heterocycles. The SMILES string of the molecule is C/C=C(/C)c1ccccc1C.CCCI. The van der Waals surface area contributed by atoms with Crippen LogP contribution in [0.25, 0.3) is 5.57 Å². The molecule has 0 N–H and O–H groups in total. The van der Waals surface area contributed by atoms with Gasteiger partial charge in [-0.2, -0.15) is 0 Å². The Hall–Kier alpha value is -0.310. The van der Waals surface area contributed by atoms with Gasteiger partial charge in [0.25, 0.3) is 0 Å². The number of hydrogen-bond acceptors (Lipinski definition) is 0. The van der Waals surface area contributed by atoms with E-state index in [0.717, 1.165) is 0 Å². The van der Waals surface area contributed by atoms with Gasteiger partial charge in [-0.1, -0.05) is 59.9 Å². The Morgan fingerprint density at radius 3 is 2.27 bits per heavy atom. The molecule has 0 spiro atoms. The molecule has 0 nitrogen and oxygen atoms in total. The molecule has 1 aromatic rings. The Morgan fingerprint density at radius 2 is 1.87 bits per heavy atom. The van der Waals surface area contributed by atoms with Crippen LogP contribution in [0, 0.1) is 6.92 Å². The van der Waals surface area contributed by atoms with Crippen LogP contribution in [0.1, 0.15) is 38.3 Å². The second kappa shape index (κ2) is 8.96. The predicted molar refractivity (Wildman–Crippen MR) is 79.7 cm³/mol. The normalized spacial score (nSPS) is 10.6. The van der Waals surface area contributed by atoms with Crippen LogP contribution < -0.4 is 0 Å². The zero-order valence-electron chi connectivity index (χ0n) is 10.2. The van der Waals surface area contributed by atoms with Gasteiger partial charge in [-0.15, -0.1) is 0 Å². The van der Waals surface area contributed by atoms with Crippen LogP contribution in [0.4, 0.5) is 0 Å². The van der Waals surface area contributed by atoms with Crippen LogP contribution in [0.3, 0.4) is 0 Å². The van der Waals surface area contributed by atoms with Crippen LogP contribution in [-0.4, -0.2) is 4.43 Å². The molecule has 0 saturated carbocycles. The molecule has 0 radical (unpaired) electrons. The third kappa shape index (κ3) is 5.98. The predicted octanol–water partition coefficient (Wildman–Crippen LogP) is 5.25. The monoisotopic (exact) mass is 316 g/mol. The maximum Gasteiger partial charge on any atom is -0.000735 e. The van der Waals surface area contributed by atoms with E-state index in [2.05, 4.69) is 80.6 Å². The zero-order valence-corrected chi connectivity index (χ0v) is 12.3. The minimum Gasteiger partial charge on any atom is -0.0864 e. The molecule has 0 aromatic heterocycles.